The maximum Gasteiger partial charge on any atom is 0.241 e. The minimum atomic E-state index is -4.08. The number of nitrogens with two attached hydrogens (primary N) is 1. The highest BCUT2D eigenvalue weighted by atomic mass is 79.9. The van der Waals surface area contributed by atoms with Gasteiger partial charge in [-0.25, -0.2) is 17.9 Å². The maximum absolute atomic E-state index is 13.7. The molecule has 1 fully saturated rings. The first-order valence-corrected chi connectivity index (χ1v) is 9.09. The Labute approximate surface area is 132 Å². The second kappa shape index (κ2) is 7.04. The molecule has 8 heteroatoms. The smallest absolute Gasteiger partial charge is 0.241 e. The van der Waals surface area contributed by atoms with Crippen molar-refractivity contribution in [3.8, 4) is 5.75 Å². The van der Waals surface area contributed by atoms with E-state index in [0.29, 0.717) is 11.1 Å². The fourth-order valence-corrected chi connectivity index (χ4v) is 3.54. The third-order valence-electron chi connectivity index (χ3n) is 3.37. The zero-order valence-electron chi connectivity index (χ0n) is 11.5. The normalized spacial score (nSPS) is 16.3. The van der Waals surface area contributed by atoms with Crippen LogP contribution in [0.15, 0.2) is 21.5 Å². The first-order valence-electron chi connectivity index (χ1n) is 6.75. The molecule has 21 heavy (non-hydrogen) atoms. The van der Waals surface area contributed by atoms with Crippen molar-refractivity contribution in [3.63, 3.8) is 0 Å². The van der Waals surface area contributed by atoms with Crippen LogP contribution in [-0.2, 0) is 10.0 Å². The van der Waals surface area contributed by atoms with Crippen molar-refractivity contribution < 1.29 is 17.5 Å². The van der Waals surface area contributed by atoms with Gasteiger partial charge < -0.3 is 9.64 Å². The summed E-state index contributed by atoms with van der Waals surface area (Å²) in [5, 5.41) is 4.93. The van der Waals surface area contributed by atoms with Crippen molar-refractivity contribution in [2.75, 3.05) is 26.2 Å². The summed E-state index contributed by atoms with van der Waals surface area (Å²) in [6.07, 6.45) is 3.32. The molecule has 0 radical (unpaired) electrons. The van der Waals surface area contributed by atoms with Crippen LogP contribution in [-0.4, -0.2) is 39.6 Å². The van der Waals surface area contributed by atoms with Gasteiger partial charge in [0.05, 0.1) is 11.1 Å². The summed E-state index contributed by atoms with van der Waals surface area (Å²) in [5.41, 5.74) is 0. The summed E-state index contributed by atoms with van der Waals surface area (Å²) in [4.78, 5) is 1.82. The molecule has 1 aromatic carbocycles. The molecular formula is C13H18BrFN2O3S. The lowest BCUT2D eigenvalue weighted by atomic mass is 10.3. The van der Waals surface area contributed by atoms with Crippen molar-refractivity contribution in [1.29, 1.82) is 0 Å². The molecule has 5 nitrogen and oxygen atoms in total. The number of halogens is 2. The van der Waals surface area contributed by atoms with Crippen LogP contribution in [0.2, 0.25) is 0 Å². The average Bonchev–Trinajstić information content (AvgIpc) is 2.90. The molecule has 1 heterocycles. The van der Waals surface area contributed by atoms with E-state index in [9.17, 15) is 12.8 Å². The third kappa shape index (κ3) is 4.64. The molecule has 2 rings (SSSR count). The van der Waals surface area contributed by atoms with Gasteiger partial charge in [-0.3, -0.25) is 0 Å². The molecule has 0 amide bonds. The Hall–Kier alpha value is -0.700. The lowest BCUT2D eigenvalue weighted by molar-refractivity contribution is 0.261. The first-order chi connectivity index (χ1) is 9.88. The second-order valence-electron chi connectivity index (χ2n) is 5.01. The highest BCUT2D eigenvalue weighted by molar-refractivity contribution is 9.10. The number of hydrogen-bond donors (Lipinski definition) is 1. The largest absolute Gasteiger partial charge is 0.492 e. The van der Waals surface area contributed by atoms with Crippen LogP contribution in [0.4, 0.5) is 4.39 Å². The molecule has 0 saturated carbocycles. The Morgan fingerprint density at radius 1 is 1.33 bits per heavy atom. The maximum atomic E-state index is 13.7. The number of benzene rings is 1. The van der Waals surface area contributed by atoms with E-state index in [-0.39, 0.29) is 5.75 Å². The van der Waals surface area contributed by atoms with Gasteiger partial charge in [0.25, 0.3) is 0 Å². The van der Waals surface area contributed by atoms with E-state index in [0.717, 1.165) is 38.2 Å². The summed E-state index contributed by atoms with van der Waals surface area (Å²) in [6, 6.07) is 2.17. The monoisotopic (exact) mass is 380 g/mol. The molecule has 0 unspecified atom stereocenters. The summed E-state index contributed by atoms with van der Waals surface area (Å²) < 4.78 is 42.0. The molecule has 2 N–H and O–H groups in total. The van der Waals surface area contributed by atoms with E-state index in [1.165, 1.54) is 12.8 Å². The first kappa shape index (κ1) is 16.7. The minimum Gasteiger partial charge on any atom is -0.492 e. The predicted octanol–water partition coefficient (Wildman–Crippen LogP) is 2.10. The topological polar surface area (TPSA) is 72.6 Å². The van der Waals surface area contributed by atoms with Crippen molar-refractivity contribution in [2.45, 2.75) is 24.2 Å². The molecule has 1 aromatic rings. The van der Waals surface area contributed by atoms with Gasteiger partial charge in [0, 0.05) is 12.6 Å². The van der Waals surface area contributed by atoms with E-state index in [1.54, 1.807) is 0 Å². The Morgan fingerprint density at radius 3 is 2.62 bits per heavy atom. The van der Waals surface area contributed by atoms with Crippen molar-refractivity contribution >= 4 is 26.0 Å². The quantitative estimate of drug-likeness (QED) is 0.766. The number of rotatable bonds is 6. The summed E-state index contributed by atoms with van der Waals surface area (Å²) in [5.74, 6) is -0.628. The zero-order chi connectivity index (χ0) is 15.5. The van der Waals surface area contributed by atoms with Gasteiger partial charge in [0.2, 0.25) is 10.0 Å². The Kier molecular flexibility index (Phi) is 5.59. The number of nitrogens with zero attached hydrogens (tertiary/aromatic N) is 1. The molecule has 1 saturated heterocycles. The summed E-state index contributed by atoms with van der Waals surface area (Å²) >= 11 is 3.17. The highest BCUT2D eigenvalue weighted by Gasteiger charge is 2.18. The number of likely N-dealkylation sites (tertiary alicyclic amines) is 1. The predicted molar refractivity (Wildman–Crippen MR) is 81.3 cm³/mol. The van der Waals surface area contributed by atoms with E-state index < -0.39 is 20.7 Å². The van der Waals surface area contributed by atoms with Crippen LogP contribution in [0.1, 0.15) is 19.3 Å². The number of ether oxygens (including phenoxy) is 1. The molecule has 0 aliphatic carbocycles. The number of hydrogen-bond acceptors (Lipinski definition) is 4. The summed E-state index contributed by atoms with van der Waals surface area (Å²) in [7, 11) is -4.08. The highest BCUT2D eigenvalue weighted by Crippen LogP contribution is 2.30. The van der Waals surface area contributed by atoms with Crippen LogP contribution in [0.5, 0.6) is 5.75 Å². The van der Waals surface area contributed by atoms with E-state index in [1.807, 2.05) is 0 Å². The Balaban J connectivity index is 1.93. The van der Waals surface area contributed by atoms with E-state index >= 15 is 0 Å². The molecule has 0 spiro atoms. The number of primary sulfonamides is 1. The Bertz CT molecular complexity index is 604. The SMILES string of the molecule is NS(=O)(=O)c1cc(Br)c(OCCCN2CCCC2)cc1F. The standard InChI is InChI=1S/C13H18BrFN2O3S/c14-10-8-13(21(16,18)19)11(15)9-12(10)20-7-3-6-17-4-1-2-5-17/h8-9H,1-7H2,(H2,16,18,19). The molecule has 0 aromatic heterocycles. The van der Waals surface area contributed by atoms with Crippen LogP contribution in [0.25, 0.3) is 0 Å². The molecule has 0 atom stereocenters. The molecule has 118 valence electrons. The van der Waals surface area contributed by atoms with Crippen LogP contribution >= 0.6 is 15.9 Å². The van der Waals surface area contributed by atoms with Crippen LogP contribution in [0, 0.1) is 5.82 Å². The fourth-order valence-electron chi connectivity index (χ4n) is 2.32. The van der Waals surface area contributed by atoms with Gasteiger partial charge in [0.15, 0.2) is 0 Å². The van der Waals surface area contributed by atoms with Crippen LogP contribution in [0.3, 0.4) is 0 Å². The minimum absolute atomic E-state index is 0.279. The van der Waals surface area contributed by atoms with Gasteiger partial charge in [-0.05, 0) is 54.3 Å². The lowest BCUT2D eigenvalue weighted by Crippen LogP contribution is -2.22. The van der Waals surface area contributed by atoms with E-state index in [2.05, 4.69) is 20.8 Å². The van der Waals surface area contributed by atoms with E-state index in [4.69, 9.17) is 9.88 Å². The zero-order valence-corrected chi connectivity index (χ0v) is 13.9. The van der Waals surface area contributed by atoms with Gasteiger partial charge in [0.1, 0.15) is 16.5 Å². The Morgan fingerprint density at radius 2 is 2.00 bits per heavy atom. The fraction of sp³-hybridized carbons (Fsp3) is 0.538. The number of sulfonamides is 1. The molecule has 1 aliphatic rings. The second-order valence-corrected chi connectivity index (χ2v) is 7.39. The molecule has 0 bridgehead atoms. The van der Waals surface area contributed by atoms with Crippen molar-refractivity contribution in [3.05, 3.63) is 22.4 Å². The average molecular weight is 381 g/mol. The van der Waals surface area contributed by atoms with Crippen LogP contribution < -0.4 is 9.88 Å². The van der Waals surface area contributed by atoms with Gasteiger partial charge in [-0.15, -0.1) is 0 Å². The van der Waals surface area contributed by atoms with Crippen molar-refractivity contribution in [1.82, 2.24) is 4.90 Å². The van der Waals surface area contributed by atoms with Gasteiger partial charge in [-0.1, -0.05) is 0 Å². The lowest BCUT2D eigenvalue weighted by Gasteiger charge is -2.15. The van der Waals surface area contributed by atoms with Gasteiger partial charge in [-0.2, -0.15) is 0 Å². The summed E-state index contributed by atoms with van der Waals surface area (Å²) in [6.45, 7) is 3.65. The molecular weight excluding hydrogens is 363 g/mol. The third-order valence-corrected chi connectivity index (χ3v) is 4.91. The van der Waals surface area contributed by atoms with Crippen molar-refractivity contribution in [2.24, 2.45) is 5.14 Å². The van der Waals surface area contributed by atoms with Gasteiger partial charge >= 0.3 is 0 Å². The molecule has 1 aliphatic heterocycles.